The predicted molar refractivity (Wildman–Crippen MR) is 106 cm³/mol. The van der Waals surface area contributed by atoms with E-state index < -0.39 is 90.1 Å². The van der Waals surface area contributed by atoms with E-state index in [4.69, 9.17) is 17.8 Å². The summed E-state index contributed by atoms with van der Waals surface area (Å²) in [6, 6.07) is -4.74. The Labute approximate surface area is 169 Å². The summed E-state index contributed by atoms with van der Waals surface area (Å²) in [5.74, 6) is -0.954. The zero-order valence-corrected chi connectivity index (χ0v) is 13.1. The van der Waals surface area contributed by atoms with Crippen LogP contribution in [0.5, 0.6) is 0 Å². The van der Waals surface area contributed by atoms with E-state index in [1.54, 1.807) is 0 Å². The van der Waals surface area contributed by atoms with Crippen LogP contribution in [0.25, 0.3) is 38.6 Å². The molecule has 26 heavy (non-hydrogen) atoms. The third kappa shape index (κ3) is 2.23. The fourth-order valence-corrected chi connectivity index (χ4v) is 2.90. The van der Waals surface area contributed by atoms with Crippen molar-refractivity contribution in [3.63, 3.8) is 0 Å². The third-order valence-corrected chi connectivity index (χ3v) is 4.01. The van der Waals surface area contributed by atoms with Crippen molar-refractivity contribution in [2.45, 2.75) is 0 Å². The second kappa shape index (κ2) is 5.85. The highest BCUT2D eigenvalue weighted by Crippen LogP contribution is 2.34. The number of aromatic nitrogens is 1. The van der Waals surface area contributed by atoms with E-state index in [-0.39, 0.29) is 32.9 Å². The van der Waals surface area contributed by atoms with E-state index in [1.165, 1.54) is 6.07 Å². The molecule has 0 saturated carbocycles. The normalized spacial score (nSPS) is 18.3. The molecule has 1 heterocycles. The van der Waals surface area contributed by atoms with Gasteiger partial charge in [-0.3, -0.25) is 0 Å². The van der Waals surface area contributed by atoms with Crippen molar-refractivity contribution in [3.05, 3.63) is 103 Å². The van der Waals surface area contributed by atoms with Crippen LogP contribution in [0.4, 0.5) is 4.39 Å². The molecule has 124 valence electrons. The van der Waals surface area contributed by atoms with Crippen LogP contribution < -0.4 is 0 Å². The number of hydrogen-bond acceptors (Lipinski definition) is 0. The summed E-state index contributed by atoms with van der Waals surface area (Å²) in [7, 11) is 0. The molecule has 0 spiro atoms. The van der Waals surface area contributed by atoms with Crippen molar-refractivity contribution in [1.29, 1.82) is 0 Å². The molecule has 2 heteroatoms. The Morgan fingerprint density at radius 2 is 1.23 bits per heavy atom. The molecule has 0 fully saturated rings. The molecule has 4 aromatic carbocycles. The standard InChI is InChI=1S/C24H16FN/c25-21-15-14-18(17-8-2-1-3-9-17)16-24(21)26-22-12-6-4-10-19(22)20-11-5-7-13-23(20)26/h1-16H/i1D,2D,3D,4D,5D,6D,7D,8D,9D,10D,11D,12D,13D. The molecule has 0 aliphatic heterocycles. The quantitative estimate of drug-likeness (QED) is 0.338. The van der Waals surface area contributed by atoms with E-state index in [2.05, 4.69) is 0 Å². The number of halogens is 1. The summed E-state index contributed by atoms with van der Waals surface area (Å²) in [4.78, 5) is 0. The summed E-state index contributed by atoms with van der Waals surface area (Å²) in [6.45, 7) is 0. The van der Waals surface area contributed by atoms with Gasteiger partial charge in [0.15, 0.2) is 0 Å². The van der Waals surface area contributed by atoms with E-state index in [0.717, 1.165) is 16.7 Å². The molecule has 1 nitrogen and oxygen atoms in total. The second-order valence-electron chi connectivity index (χ2n) is 5.45. The van der Waals surface area contributed by atoms with Gasteiger partial charge >= 0.3 is 0 Å². The number of fused-ring (bicyclic) bond motifs is 3. The molecule has 0 saturated heterocycles. The highest BCUT2D eigenvalue weighted by Gasteiger charge is 2.15. The number of rotatable bonds is 2. The Morgan fingerprint density at radius 3 is 1.88 bits per heavy atom. The molecule has 0 aliphatic carbocycles. The molecule has 0 N–H and O–H groups in total. The number of para-hydroxylation sites is 2. The Balaban J connectivity index is 2.04. The minimum atomic E-state index is -0.954. The maximum atomic E-state index is 15.5. The fraction of sp³-hybridized carbons (Fsp3) is 0. The lowest BCUT2D eigenvalue weighted by atomic mass is 10.0. The van der Waals surface area contributed by atoms with E-state index in [0.29, 0.717) is 0 Å². The van der Waals surface area contributed by atoms with Crippen LogP contribution >= 0.6 is 0 Å². The maximum absolute atomic E-state index is 15.5. The Bertz CT molecular complexity index is 1810. The van der Waals surface area contributed by atoms with Gasteiger partial charge in [0.05, 0.1) is 34.5 Å². The summed E-state index contributed by atoms with van der Waals surface area (Å²) in [6.07, 6.45) is 0. The Hall–Kier alpha value is -3.39. The van der Waals surface area contributed by atoms with Gasteiger partial charge in [0, 0.05) is 10.8 Å². The summed E-state index contributed by atoms with van der Waals surface area (Å²) < 4.78 is 123. The van der Waals surface area contributed by atoms with Gasteiger partial charge in [-0.2, -0.15) is 0 Å². The lowest BCUT2D eigenvalue weighted by molar-refractivity contribution is 0.621. The minimum Gasteiger partial charge on any atom is -0.306 e. The first-order chi connectivity index (χ1) is 18.2. The van der Waals surface area contributed by atoms with Crippen LogP contribution in [0.3, 0.4) is 0 Å². The van der Waals surface area contributed by atoms with Gasteiger partial charge in [-0.25, -0.2) is 4.39 Å². The largest absolute Gasteiger partial charge is 0.306 e. The monoisotopic (exact) mass is 350 g/mol. The molecule has 0 amide bonds. The summed E-state index contributed by atoms with van der Waals surface area (Å²) in [5.41, 5.74) is -1.28. The summed E-state index contributed by atoms with van der Waals surface area (Å²) >= 11 is 0. The lowest BCUT2D eigenvalue weighted by Crippen LogP contribution is -1.98. The predicted octanol–water partition coefficient (Wildman–Crippen LogP) is 6.59. The third-order valence-electron chi connectivity index (χ3n) is 4.01. The minimum absolute atomic E-state index is 0.0138. The first-order valence-corrected chi connectivity index (χ1v) is 7.60. The summed E-state index contributed by atoms with van der Waals surface area (Å²) in [5, 5.41) is -0.480. The van der Waals surface area contributed by atoms with Crippen LogP contribution in [0.2, 0.25) is 0 Å². The molecule has 5 rings (SSSR count). The van der Waals surface area contributed by atoms with Gasteiger partial charge in [0.1, 0.15) is 5.82 Å². The molecule has 0 radical (unpaired) electrons. The first-order valence-electron chi connectivity index (χ1n) is 14.1. The molecule has 0 atom stereocenters. The smallest absolute Gasteiger partial charge is 0.147 e. The van der Waals surface area contributed by atoms with Crippen LogP contribution in [0.1, 0.15) is 17.8 Å². The van der Waals surface area contributed by atoms with Crippen molar-refractivity contribution >= 4 is 21.8 Å². The molecule has 0 aliphatic rings. The lowest BCUT2D eigenvalue weighted by Gasteiger charge is -2.11. The molecular weight excluding hydrogens is 321 g/mol. The van der Waals surface area contributed by atoms with E-state index in [1.807, 2.05) is 0 Å². The fourth-order valence-electron chi connectivity index (χ4n) is 2.90. The SMILES string of the molecule is [2H]c1c([2H])c([2H])c(-c2ccc(F)c(-n3c4c([2H])c([2H])c([2H])c([2H])c4c4c([2H])c([2H])c([2H])c([2H])c43)c2)c([2H])c1[2H]. The zero-order valence-electron chi connectivity index (χ0n) is 26.1. The maximum Gasteiger partial charge on any atom is 0.147 e. The van der Waals surface area contributed by atoms with Crippen molar-refractivity contribution in [3.8, 4) is 16.8 Å². The second-order valence-corrected chi connectivity index (χ2v) is 5.45. The average molecular weight is 350 g/mol. The van der Waals surface area contributed by atoms with Crippen molar-refractivity contribution in [2.24, 2.45) is 0 Å². The van der Waals surface area contributed by atoms with Crippen molar-refractivity contribution in [2.75, 3.05) is 0 Å². The number of benzene rings is 4. The van der Waals surface area contributed by atoms with Gasteiger partial charge in [-0.1, -0.05) is 72.5 Å². The number of nitrogens with zero attached hydrogens (tertiary/aromatic N) is 1. The van der Waals surface area contributed by atoms with Gasteiger partial charge in [0.2, 0.25) is 0 Å². The molecule has 0 bridgehead atoms. The van der Waals surface area contributed by atoms with Crippen LogP contribution in [0, 0.1) is 5.82 Å². The van der Waals surface area contributed by atoms with E-state index >= 15 is 4.39 Å². The molecule has 0 unspecified atom stereocenters. The van der Waals surface area contributed by atoms with Crippen LogP contribution in [-0.2, 0) is 0 Å². The highest BCUT2D eigenvalue weighted by atomic mass is 19.1. The topological polar surface area (TPSA) is 4.93 Å². The zero-order chi connectivity index (χ0) is 28.8. The Morgan fingerprint density at radius 1 is 0.654 bits per heavy atom. The van der Waals surface area contributed by atoms with Gasteiger partial charge in [-0.05, 0) is 35.3 Å². The van der Waals surface area contributed by atoms with Crippen molar-refractivity contribution < 1.29 is 22.2 Å². The van der Waals surface area contributed by atoms with Crippen LogP contribution in [-0.4, -0.2) is 4.57 Å². The van der Waals surface area contributed by atoms with Crippen molar-refractivity contribution in [1.82, 2.24) is 4.57 Å². The first kappa shape index (κ1) is 6.73. The van der Waals surface area contributed by atoms with Gasteiger partial charge in [0.25, 0.3) is 0 Å². The molecule has 5 aromatic rings. The van der Waals surface area contributed by atoms with Gasteiger partial charge < -0.3 is 4.57 Å². The molecular formula is C24H16FN. The van der Waals surface area contributed by atoms with Gasteiger partial charge in [-0.15, -0.1) is 0 Å². The van der Waals surface area contributed by atoms with Crippen LogP contribution in [0.15, 0.2) is 96.8 Å². The number of hydrogen-bond donors (Lipinski definition) is 0. The Kier molecular flexibility index (Phi) is 1.51. The average Bonchev–Trinajstić information content (AvgIpc) is 3.27. The van der Waals surface area contributed by atoms with E-state index in [9.17, 15) is 0 Å². The molecule has 1 aromatic heterocycles. The highest BCUT2D eigenvalue weighted by molar-refractivity contribution is 6.09.